The van der Waals surface area contributed by atoms with Crippen LogP contribution < -0.4 is 10.6 Å². The predicted molar refractivity (Wildman–Crippen MR) is 137 cm³/mol. The average Bonchev–Trinajstić information content (AvgIpc) is 3.29. The number of halogens is 1. The van der Waals surface area contributed by atoms with Crippen LogP contribution in [-0.4, -0.2) is 54.0 Å². The van der Waals surface area contributed by atoms with Crippen LogP contribution in [-0.2, 0) is 6.42 Å². The van der Waals surface area contributed by atoms with Crippen LogP contribution in [0, 0.1) is 10.1 Å². The molecule has 1 heterocycles. The van der Waals surface area contributed by atoms with Gasteiger partial charge in [0.1, 0.15) is 0 Å². The van der Waals surface area contributed by atoms with E-state index in [-0.39, 0.29) is 34.6 Å². The molecule has 1 aliphatic heterocycles. The molecule has 1 saturated carbocycles. The van der Waals surface area contributed by atoms with Crippen LogP contribution in [0.3, 0.4) is 0 Å². The number of nitro benzene ring substituents is 1. The molecule has 174 valence electrons. The molecule has 1 aromatic rings. The lowest BCUT2D eigenvalue weighted by molar-refractivity contribution is -0.384. The van der Waals surface area contributed by atoms with Gasteiger partial charge in [0.25, 0.3) is 5.69 Å². The summed E-state index contributed by atoms with van der Waals surface area (Å²) in [6, 6.07) is 8.22. The van der Waals surface area contributed by atoms with Crippen molar-refractivity contribution in [3.8, 4) is 0 Å². The number of benzene rings is 1. The molecule has 1 saturated heterocycles. The van der Waals surface area contributed by atoms with Crippen LogP contribution in [0.2, 0.25) is 0 Å². The molecule has 0 aromatic heterocycles. The number of likely N-dealkylation sites (tertiary alicyclic amines) is 1. The maximum Gasteiger partial charge on any atom is 0.269 e. The Morgan fingerprint density at radius 1 is 1.13 bits per heavy atom. The molecule has 1 aliphatic carbocycles. The van der Waals surface area contributed by atoms with Crippen molar-refractivity contribution < 1.29 is 4.92 Å². The number of hydrogen-bond acceptors (Lipinski definition) is 4. The van der Waals surface area contributed by atoms with Gasteiger partial charge in [0, 0.05) is 50.4 Å². The molecule has 0 radical (unpaired) electrons. The summed E-state index contributed by atoms with van der Waals surface area (Å²) in [6.45, 7) is 6.18. The van der Waals surface area contributed by atoms with Crippen LogP contribution in [0.5, 0.6) is 0 Å². The van der Waals surface area contributed by atoms with E-state index in [0.717, 1.165) is 49.9 Å². The van der Waals surface area contributed by atoms with E-state index in [9.17, 15) is 10.1 Å². The number of piperidine rings is 1. The lowest BCUT2D eigenvalue weighted by Crippen LogP contribution is -2.50. The fraction of sp³-hybridized carbons (Fsp3) is 0.696. The zero-order chi connectivity index (χ0) is 21.2. The molecular formula is C23H38IN5O2. The van der Waals surface area contributed by atoms with Gasteiger partial charge in [-0.25, -0.2) is 0 Å². The SMILES string of the molecule is CCNC(=NCCCCc1ccc([N+](=O)[O-])cc1)NC1CCN(C2CCCC2)CC1.I. The Morgan fingerprint density at radius 2 is 1.81 bits per heavy atom. The molecular weight excluding hydrogens is 505 g/mol. The fourth-order valence-corrected chi connectivity index (χ4v) is 4.61. The average molecular weight is 543 g/mol. The van der Waals surface area contributed by atoms with E-state index in [1.54, 1.807) is 12.1 Å². The molecule has 3 rings (SSSR count). The van der Waals surface area contributed by atoms with E-state index in [0.29, 0.717) is 6.04 Å². The molecule has 0 bridgehead atoms. The van der Waals surface area contributed by atoms with Crippen molar-refractivity contribution in [2.24, 2.45) is 4.99 Å². The summed E-state index contributed by atoms with van der Waals surface area (Å²) in [5.41, 5.74) is 1.29. The Labute approximate surface area is 203 Å². The third-order valence-electron chi connectivity index (χ3n) is 6.35. The van der Waals surface area contributed by atoms with Gasteiger partial charge >= 0.3 is 0 Å². The molecule has 0 atom stereocenters. The van der Waals surface area contributed by atoms with Gasteiger partial charge < -0.3 is 15.5 Å². The molecule has 2 fully saturated rings. The van der Waals surface area contributed by atoms with Gasteiger partial charge in [0.15, 0.2) is 5.96 Å². The number of nitrogens with one attached hydrogen (secondary N) is 2. The maximum absolute atomic E-state index is 10.7. The van der Waals surface area contributed by atoms with Crippen molar-refractivity contribution in [3.63, 3.8) is 0 Å². The normalized spacial score (nSPS) is 18.5. The Kier molecular flexibility index (Phi) is 11.6. The molecule has 2 N–H and O–H groups in total. The summed E-state index contributed by atoms with van der Waals surface area (Å²) in [7, 11) is 0. The first-order valence-corrected chi connectivity index (χ1v) is 11.7. The van der Waals surface area contributed by atoms with Gasteiger partial charge in [-0.1, -0.05) is 25.0 Å². The van der Waals surface area contributed by atoms with Crippen molar-refractivity contribution in [2.45, 2.75) is 76.8 Å². The van der Waals surface area contributed by atoms with Crippen molar-refractivity contribution >= 4 is 35.6 Å². The van der Waals surface area contributed by atoms with Crippen LogP contribution in [0.15, 0.2) is 29.3 Å². The van der Waals surface area contributed by atoms with Crippen LogP contribution in [0.4, 0.5) is 5.69 Å². The van der Waals surface area contributed by atoms with E-state index in [1.165, 1.54) is 51.6 Å². The van der Waals surface area contributed by atoms with E-state index in [4.69, 9.17) is 4.99 Å². The number of aryl methyl sites for hydroxylation is 1. The summed E-state index contributed by atoms with van der Waals surface area (Å²) < 4.78 is 0. The van der Waals surface area contributed by atoms with E-state index >= 15 is 0 Å². The van der Waals surface area contributed by atoms with Crippen LogP contribution in [0.1, 0.15) is 63.9 Å². The minimum atomic E-state index is -0.355. The number of guanidine groups is 1. The zero-order valence-corrected chi connectivity index (χ0v) is 21.1. The third-order valence-corrected chi connectivity index (χ3v) is 6.35. The van der Waals surface area contributed by atoms with Crippen molar-refractivity contribution in [1.29, 1.82) is 0 Å². The highest BCUT2D eigenvalue weighted by Gasteiger charge is 2.27. The van der Waals surface area contributed by atoms with Gasteiger partial charge in [-0.3, -0.25) is 15.1 Å². The molecule has 1 aromatic carbocycles. The van der Waals surface area contributed by atoms with Crippen LogP contribution >= 0.6 is 24.0 Å². The van der Waals surface area contributed by atoms with Gasteiger partial charge in [-0.05, 0) is 57.4 Å². The number of hydrogen-bond donors (Lipinski definition) is 2. The number of unbranched alkanes of at least 4 members (excludes halogenated alkanes) is 1. The monoisotopic (exact) mass is 543 g/mol. The smallest absolute Gasteiger partial charge is 0.269 e. The molecule has 2 aliphatic rings. The molecule has 0 spiro atoms. The van der Waals surface area contributed by atoms with E-state index < -0.39 is 0 Å². The molecule has 0 unspecified atom stereocenters. The van der Waals surface area contributed by atoms with Crippen molar-refractivity contribution in [1.82, 2.24) is 15.5 Å². The first-order chi connectivity index (χ1) is 14.7. The summed E-state index contributed by atoms with van der Waals surface area (Å²) in [4.78, 5) is 17.8. The van der Waals surface area contributed by atoms with Gasteiger partial charge in [-0.15, -0.1) is 24.0 Å². The van der Waals surface area contributed by atoms with Gasteiger partial charge in [-0.2, -0.15) is 0 Å². The topological polar surface area (TPSA) is 82.8 Å². The zero-order valence-electron chi connectivity index (χ0n) is 18.7. The first kappa shape index (κ1) is 25.8. The number of nitrogens with zero attached hydrogens (tertiary/aromatic N) is 3. The Bertz CT molecular complexity index is 684. The summed E-state index contributed by atoms with van der Waals surface area (Å²) in [5, 5.41) is 17.7. The minimum Gasteiger partial charge on any atom is -0.357 e. The minimum absolute atomic E-state index is 0. The van der Waals surface area contributed by atoms with Crippen LogP contribution in [0.25, 0.3) is 0 Å². The third kappa shape index (κ3) is 8.56. The van der Waals surface area contributed by atoms with E-state index in [1.807, 2.05) is 12.1 Å². The maximum atomic E-state index is 10.7. The Balaban J connectivity index is 0.00000341. The van der Waals surface area contributed by atoms with Crippen molar-refractivity contribution in [3.05, 3.63) is 39.9 Å². The second-order valence-corrected chi connectivity index (χ2v) is 8.53. The summed E-state index contributed by atoms with van der Waals surface area (Å²) >= 11 is 0. The Hall–Kier alpha value is -1.42. The Morgan fingerprint density at radius 3 is 2.42 bits per heavy atom. The predicted octanol–water partition coefficient (Wildman–Crippen LogP) is 4.50. The molecule has 8 heteroatoms. The summed E-state index contributed by atoms with van der Waals surface area (Å²) in [6.07, 6.45) is 11.0. The molecule has 7 nitrogen and oxygen atoms in total. The second kappa shape index (κ2) is 13.9. The quantitative estimate of drug-likeness (QED) is 0.120. The largest absolute Gasteiger partial charge is 0.357 e. The number of nitro groups is 1. The highest BCUT2D eigenvalue weighted by Crippen LogP contribution is 2.26. The number of non-ortho nitro benzene ring substituents is 1. The lowest BCUT2D eigenvalue weighted by Gasteiger charge is -2.36. The molecule has 31 heavy (non-hydrogen) atoms. The first-order valence-electron chi connectivity index (χ1n) is 11.7. The summed E-state index contributed by atoms with van der Waals surface area (Å²) in [5.74, 6) is 0.937. The standard InChI is InChI=1S/C23H37N5O2.HI/c1-2-24-23(26-20-14-17-27(18-15-20)21-8-3-4-9-21)25-16-6-5-7-19-10-12-22(13-11-19)28(29)30;/h10-13,20-21H,2-9,14-18H2,1H3,(H2,24,25,26);1H. The highest BCUT2D eigenvalue weighted by molar-refractivity contribution is 14.0. The molecule has 0 amide bonds. The van der Waals surface area contributed by atoms with E-state index in [2.05, 4.69) is 22.5 Å². The highest BCUT2D eigenvalue weighted by atomic mass is 127. The van der Waals surface area contributed by atoms with Crippen molar-refractivity contribution in [2.75, 3.05) is 26.2 Å². The second-order valence-electron chi connectivity index (χ2n) is 8.53. The van der Waals surface area contributed by atoms with Gasteiger partial charge in [0.05, 0.1) is 4.92 Å². The fourth-order valence-electron chi connectivity index (χ4n) is 4.61. The van der Waals surface area contributed by atoms with Gasteiger partial charge in [0.2, 0.25) is 0 Å². The number of rotatable bonds is 9. The lowest BCUT2D eigenvalue weighted by atomic mass is 10.0. The number of aliphatic imine (C=N–C) groups is 1.